The normalized spacial score (nSPS) is 15.7. The van der Waals surface area contributed by atoms with Gasteiger partial charge in [-0.3, -0.25) is 9.36 Å². The highest BCUT2D eigenvalue weighted by Gasteiger charge is 2.34. The van der Waals surface area contributed by atoms with Crippen molar-refractivity contribution in [2.75, 3.05) is 6.61 Å². The largest absolute Gasteiger partial charge is 0.504 e. The minimum Gasteiger partial charge on any atom is -0.504 e. The number of carbonyl (C=O) groups is 1. The first-order valence-electron chi connectivity index (χ1n) is 11.1. The summed E-state index contributed by atoms with van der Waals surface area (Å²) in [7, 11) is 0. The number of halogens is 1. The second-order valence-electron chi connectivity index (χ2n) is 8.22. The van der Waals surface area contributed by atoms with Crippen molar-refractivity contribution in [2.24, 2.45) is 4.99 Å². The number of ether oxygens (including phenoxy) is 2. The van der Waals surface area contributed by atoms with Gasteiger partial charge < -0.3 is 14.6 Å². The molecule has 0 saturated carbocycles. The van der Waals surface area contributed by atoms with Gasteiger partial charge in [0.1, 0.15) is 6.04 Å². The lowest BCUT2D eigenvalue weighted by atomic mass is 9.96. The van der Waals surface area contributed by atoms with E-state index in [0.717, 1.165) is 0 Å². The van der Waals surface area contributed by atoms with E-state index in [9.17, 15) is 14.7 Å². The number of allylic oxidation sites excluding steroid dienone is 1. The van der Waals surface area contributed by atoms with E-state index < -0.39 is 12.0 Å². The zero-order valence-electron chi connectivity index (χ0n) is 19.7. The molecule has 2 heterocycles. The fourth-order valence-corrected chi connectivity index (χ4v) is 5.18. The van der Waals surface area contributed by atoms with E-state index in [1.165, 1.54) is 22.0 Å². The fraction of sp³-hybridized carbons (Fsp3) is 0.269. The van der Waals surface area contributed by atoms with E-state index >= 15 is 0 Å². The van der Waals surface area contributed by atoms with E-state index in [0.29, 0.717) is 43.5 Å². The number of phenols is 1. The highest BCUT2D eigenvalue weighted by Crippen LogP contribution is 2.34. The third-order valence-electron chi connectivity index (χ3n) is 5.37. The van der Waals surface area contributed by atoms with Crippen LogP contribution < -0.4 is 19.6 Å². The maximum absolute atomic E-state index is 13.7. The molecule has 1 atom stereocenters. The predicted molar refractivity (Wildman–Crippen MR) is 136 cm³/mol. The molecule has 1 unspecified atom stereocenters. The molecule has 2 aromatic carbocycles. The van der Waals surface area contributed by atoms with Crippen molar-refractivity contribution >= 4 is 35.0 Å². The average molecular weight is 513 g/mol. The number of esters is 1. The highest BCUT2D eigenvalue weighted by molar-refractivity contribution is 7.07. The van der Waals surface area contributed by atoms with Crippen molar-refractivity contribution in [1.82, 2.24) is 4.57 Å². The van der Waals surface area contributed by atoms with Gasteiger partial charge in [0.05, 0.1) is 28.5 Å². The van der Waals surface area contributed by atoms with Crippen LogP contribution in [0.25, 0.3) is 6.08 Å². The first-order chi connectivity index (χ1) is 16.7. The second kappa shape index (κ2) is 10.1. The number of hydrogen-bond acceptors (Lipinski definition) is 7. The van der Waals surface area contributed by atoms with Gasteiger partial charge in [-0.15, -0.1) is 0 Å². The van der Waals surface area contributed by atoms with Crippen LogP contribution >= 0.6 is 22.9 Å². The number of aromatic nitrogens is 1. The summed E-state index contributed by atoms with van der Waals surface area (Å²) in [6, 6.07) is 11.2. The van der Waals surface area contributed by atoms with Crippen LogP contribution in [0.2, 0.25) is 5.02 Å². The van der Waals surface area contributed by atoms with E-state index in [-0.39, 0.29) is 23.0 Å². The van der Waals surface area contributed by atoms with Crippen molar-refractivity contribution in [3.63, 3.8) is 0 Å². The molecule has 3 aromatic rings. The lowest BCUT2D eigenvalue weighted by Crippen LogP contribution is -2.40. The zero-order chi connectivity index (χ0) is 25.3. The fourth-order valence-electron chi connectivity index (χ4n) is 3.89. The van der Waals surface area contributed by atoms with E-state index in [2.05, 4.69) is 4.99 Å². The van der Waals surface area contributed by atoms with E-state index in [1.807, 2.05) is 13.0 Å². The Hall–Kier alpha value is -3.36. The molecule has 1 aromatic heterocycles. The number of nitrogens with zero attached hydrogens (tertiary/aromatic N) is 2. The third-order valence-corrected chi connectivity index (χ3v) is 6.69. The Balaban J connectivity index is 1.93. The molecule has 0 bridgehead atoms. The van der Waals surface area contributed by atoms with Crippen LogP contribution in [0.3, 0.4) is 0 Å². The summed E-state index contributed by atoms with van der Waals surface area (Å²) < 4.78 is 12.9. The molecular weight excluding hydrogens is 488 g/mol. The van der Waals surface area contributed by atoms with Crippen molar-refractivity contribution in [3.8, 4) is 11.5 Å². The van der Waals surface area contributed by atoms with Crippen molar-refractivity contribution in [1.29, 1.82) is 0 Å². The minimum absolute atomic E-state index is 0.0214. The van der Waals surface area contributed by atoms with Gasteiger partial charge in [-0.1, -0.05) is 47.2 Å². The number of carbonyl (C=O) groups excluding carboxylic acids is 1. The van der Waals surface area contributed by atoms with Crippen LogP contribution in [-0.4, -0.2) is 28.4 Å². The number of hydrogen-bond donors (Lipinski definition) is 1. The van der Waals surface area contributed by atoms with Crippen molar-refractivity contribution < 1.29 is 19.4 Å². The Morgan fingerprint density at radius 1 is 1.29 bits per heavy atom. The van der Waals surface area contributed by atoms with Crippen LogP contribution in [0.4, 0.5) is 0 Å². The lowest BCUT2D eigenvalue weighted by Gasteiger charge is -2.26. The maximum atomic E-state index is 13.7. The summed E-state index contributed by atoms with van der Waals surface area (Å²) >= 11 is 7.75. The molecule has 1 N–H and O–H groups in total. The van der Waals surface area contributed by atoms with Gasteiger partial charge in [0, 0.05) is 5.02 Å². The molecule has 0 amide bonds. The minimum atomic E-state index is -0.785. The molecule has 7 nitrogen and oxygen atoms in total. The highest BCUT2D eigenvalue weighted by atomic mass is 35.5. The monoisotopic (exact) mass is 512 g/mol. The number of phenolic OH excluding ortho intramolecular Hbond substituents is 1. The molecule has 9 heteroatoms. The summed E-state index contributed by atoms with van der Waals surface area (Å²) in [5.74, 6) is -0.189. The second-order valence-corrected chi connectivity index (χ2v) is 9.63. The number of rotatable bonds is 6. The van der Waals surface area contributed by atoms with Crippen LogP contribution in [0.1, 0.15) is 44.9 Å². The summed E-state index contributed by atoms with van der Waals surface area (Å²) in [4.78, 5) is 31.8. The van der Waals surface area contributed by atoms with Crippen molar-refractivity contribution in [2.45, 2.75) is 39.8 Å². The van der Waals surface area contributed by atoms with Crippen molar-refractivity contribution in [3.05, 3.63) is 89.6 Å². The lowest BCUT2D eigenvalue weighted by molar-refractivity contribution is -0.143. The van der Waals surface area contributed by atoms with Crippen LogP contribution in [0.5, 0.6) is 11.5 Å². The summed E-state index contributed by atoms with van der Waals surface area (Å²) in [5, 5.41) is 10.4. The van der Waals surface area contributed by atoms with Gasteiger partial charge in [-0.25, -0.2) is 9.79 Å². The van der Waals surface area contributed by atoms with Gasteiger partial charge in [-0.05, 0) is 63.1 Å². The number of fused-ring (bicyclic) bond motifs is 1. The molecule has 1 aliphatic heterocycles. The Morgan fingerprint density at radius 3 is 2.71 bits per heavy atom. The Morgan fingerprint density at radius 2 is 2.03 bits per heavy atom. The quantitative estimate of drug-likeness (QED) is 0.505. The number of thiazole rings is 1. The molecule has 0 fully saturated rings. The first kappa shape index (κ1) is 24.8. The molecule has 0 aliphatic carbocycles. The number of aromatic hydroxyl groups is 1. The topological polar surface area (TPSA) is 90.1 Å². The Bertz CT molecular complexity index is 1500. The maximum Gasteiger partial charge on any atom is 0.338 e. The van der Waals surface area contributed by atoms with Gasteiger partial charge in [-0.2, -0.15) is 0 Å². The molecule has 182 valence electrons. The standard InChI is InChI=1S/C26H25ClN2O5S/c1-5-33-20-12-16(10-11-19(20)30)13-21-24(31)29-23(17-8-6-7-9-18(17)27)22(25(32)34-14(2)3)15(4)28-26(29)35-21/h6-14,23,30H,5H2,1-4H3. The molecular formula is C26H25ClN2O5S. The Labute approximate surface area is 211 Å². The molecule has 35 heavy (non-hydrogen) atoms. The first-order valence-corrected chi connectivity index (χ1v) is 12.3. The summed E-state index contributed by atoms with van der Waals surface area (Å²) in [5.41, 5.74) is 1.72. The molecule has 0 saturated heterocycles. The molecule has 0 spiro atoms. The summed E-state index contributed by atoms with van der Waals surface area (Å²) in [6.07, 6.45) is 1.37. The van der Waals surface area contributed by atoms with Crippen LogP contribution in [-0.2, 0) is 9.53 Å². The van der Waals surface area contributed by atoms with Gasteiger partial charge in [0.25, 0.3) is 5.56 Å². The Kier molecular flexibility index (Phi) is 7.14. The van der Waals surface area contributed by atoms with Crippen LogP contribution in [0, 0.1) is 0 Å². The third kappa shape index (κ3) is 4.90. The van der Waals surface area contributed by atoms with E-state index in [4.69, 9.17) is 21.1 Å². The zero-order valence-corrected chi connectivity index (χ0v) is 21.3. The van der Waals surface area contributed by atoms with Gasteiger partial charge >= 0.3 is 5.97 Å². The van der Waals surface area contributed by atoms with E-state index in [1.54, 1.807) is 57.2 Å². The van der Waals surface area contributed by atoms with Gasteiger partial charge in [0.15, 0.2) is 16.3 Å². The average Bonchev–Trinajstić information content (AvgIpc) is 3.09. The molecule has 4 rings (SSSR count). The van der Waals surface area contributed by atoms with Crippen LogP contribution in [0.15, 0.2) is 63.5 Å². The molecule has 0 radical (unpaired) electrons. The SMILES string of the molecule is CCOc1cc(C=c2sc3n(c2=O)C(c2ccccc2Cl)C(C(=O)OC(C)C)=C(C)N=3)ccc1O. The smallest absolute Gasteiger partial charge is 0.338 e. The van der Waals surface area contributed by atoms with Gasteiger partial charge in [0.2, 0.25) is 0 Å². The molecule has 1 aliphatic rings. The summed E-state index contributed by atoms with van der Waals surface area (Å²) in [6.45, 7) is 7.48. The number of benzene rings is 2. The predicted octanol–water partition coefficient (Wildman–Crippen LogP) is 3.94.